The van der Waals surface area contributed by atoms with Crippen LogP contribution in [0.5, 0.6) is 0 Å². The van der Waals surface area contributed by atoms with Gasteiger partial charge in [0, 0.05) is 12.0 Å². The Bertz CT molecular complexity index is 638. The summed E-state index contributed by atoms with van der Waals surface area (Å²) in [6.07, 6.45) is 4.49. The van der Waals surface area contributed by atoms with Crippen LogP contribution in [0, 0.1) is 5.82 Å². The lowest BCUT2D eigenvalue weighted by Crippen LogP contribution is -2.23. The highest BCUT2D eigenvalue weighted by Gasteiger charge is 2.31. The van der Waals surface area contributed by atoms with Gasteiger partial charge >= 0.3 is 0 Å². The Morgan fingerprint density at radius 1 is 1.24 bits per heavy atom. The van der Waals surface area contributed by atoms with Gasteiger partial charge in [-0.05, 0) is 49.9 Å². The average Bonchev–Trinajstić information content (AvgIpc) is 3.05. The maximum absolute atomic E-state index is 13.4. The van der Waals surface area contributed by atoms with Gasteiger partial charge in [-0.3, -0.25) is 4.90 Å². The molecule has 4 nitrogen and oxygen atoms in total. The third-order valence-corrected chi connectivity index (χ3v) is 4.34. The summed E-state index contributed by atoms with van der Waals surface area (Å²) < 4.78 is 19.2. The number of nitrogens with zero attached hydrogens (tertiary/aromatic N) is 3. The summed E-state index contributed by atoms with van der Waals surface area (Å²) in [7, 11) is 0. The molecule has 1 aliphatic carbocycles. The second-order valence-corrected chi connectivity index (χ2v) is 5.99. The molecule has 1 saturated carbocycles. The summed E-state index contributed by atoms with van der Waals surface area (Å²) in [5, 5.41) is 8.28. The molecule has 1 saturated heterocycles. The summed E-state index contributed by atoms with van der Waals surface area (Å²) in [5.41, 5.74) is 1.04. The number of benzene rings is 1. The summed E-state index contributed by atoms with van der Waals surface area (Å²) in [4.78, 5) is 2.30. The van der Waals surface area contributed by atoms with Crippen molar-refractivity contribution in [2.75, 3.05) is 6.54 Å². The van der Waals surface area contributed by atoms with Crippen LogP contribution in [0.4, 0.5) is 4.39 Å². The van der Waals surface area contributed by atoms with Gasteiger partial charge in [0.05, 0.1) is 6.54 Å². The fourth-order valence-electron chi connectivity index (χ4n) is 3.11. The second-order valence-electron chi connectivity index (χ2n) is 5.99. The Kier molecular flexibility index (Phi) is 3.22. The molecule has 0 amide bonds. The lowest BCUT2D eigenvalue weighted by molar-refractivity contribution is 0.221. The predicted octanol–water partition coefficient (Wildman–Crippen LogP) is 3.42. The van der Waals surface area contributed by atoms with Crippen molar-refractivity contribution in [2.24, 2.45) is 0 Å². The highest BCUT2D eigenvalue weighted by molar-refractivity contribution is 5.21. The van der Waals surface area contributed by atoms with Gasteiger partial charge in [0.15, 0.2) is 0 Å². The SMILES string of the molecule is Fc1cccc([C@H]2CCCN2Cc2nnc(C3CC3)o2)c1. The fraction of sp³-hybridized carbons (Fsp3) is 0.500. The molecule has 1 aromatic heterocycles. The Balaban J connectivity index is 1.50. The molecule has 0 radical (unpaired) electrons. The van der Waals surface area contributed by atoms with Crippen LogP contribution >= 0.6 is 0 Å². The fourth-order valence-corrected chi connectivity index (χ4v) is 3.11. The molecule has 2 aliphatic rings. The van der Waals surface area contributed by atoms with Gasteiger partial charge in [-0.25, -0.2) is 4.39 Å². The van der Waals surface area contributed by atoms with Crippen LogP contribution < -0.4 is 0 Å². The molecule has 2 heterocycles. The van der Waals surface area contributed by atoms with Crippen LogP contribution in [0.1, 0.15) is 55.0 Å². The number of hydrogen-bond donors (Lipinski definition) is 0. The Morgan fingerprint density at radius 3 is 2.95 bits per heavy atom. The van der Waals surface area contributed by atoms with Gasteiger partial charge in [0.25, 0.3) is 0 Å². The lowest BCUT2D eigenvalue weighted by atomic mass is 10.0. The molecule has 110 valence electrons. The number of aromatic nitrogens is 2. The van der Waals surface area contributed by atoms with Crippen molar-refractivity contribution in [3.8, 4) is 0 Å². The zero-order valence-electron chi connectivity index (χ0n) is 11.8. The van der Waals surface area contributed by atoms with Crippen LogP contribution in [0.2, 0.25) is 0 Å². The Hall–Kier alpha value is -1.75. The molecular formula is C16H18FN3O. The lowest BCUT2D eigenvalue weighted by Gasteiger charge is -2.23. The predicted molar refractivity (Wildman–Crippen MR) is 75.1 cm³/mol. The molecule has 5 heteroatoms. The van der Waals surface area contributed by atoms with Crippen molar-refractivity contribution in [2.45, 2.75) is 44.2 Å². The highest BCUT2D eigenvalue weighted by Crippen LogP contribution is 2.39. The van der Waals surface area contributed by atoms with Crippen molar-refractivity contribution in [1.82, 2.24) is 15.1 Å². The Morgan fingerprint density at radius 2 is 2.14 bits per heavy atom. The van der Waals surface area contributed by atoms with E-state index >= 15 is 0 Å². The Labute approximate surface area is 123 Å². The van der Waals surface area contributed by atoms with Gasteiger partial charge in [-0.15, -0.1) is 10.2 Å². The highest BCUT2D eigenvalue weighted by atomic mass is 19.1. The van der Waals surface area contributed by atoms with Crippen molar-refractivity contribution in [3.63, 3.8) is 0 Å². The monoisotopic (exact) mass is 287 g/mol. The number of hydrogen-bond acceptors (Lipinski definition) is 4. The number of rotatable bonds is 4. The van der Waals surface area contributed by atoms with Gasteiger partial charge < -0.3 is 4.42 Å². The molecular weight excluding hydrogens is 269 g/mol. The zero-order chi connectivity index (χ0) is 14.2. The maximum atomic E-state index is 13.4. The first kappa shape index (κ1) is 13.0. The molecule has 4 rings (SSSR count). The van der Waals surface area contributed by atoms with E-state index < -0.39 is 0 Å². The molecule has 2 fully saturated rings. The van der Waals surface area contributed by atoms with Gasteiger partial charge in [0.1, 0.15) is 5.82 Å². The standard InChI is InChI=1S/C16H18FN3O/c17-13-4-1-3-12(9-13)14-5-2-8-20(14)10-15-18-19-16(21-15)11-6-7-11/h1,3-4,9,11,14H,2,5-8,10H2/t14-/m1/s1. The van der Waals surface area contributed by atoms with Gasteiger partial charge in [-0.1, -0.05) is 12.1 Å². The summed E-state index contributed by atoms with van der Waals surface area (Å²) in [6, 6.07) is 7.14. The number of halogens is 1. The minimum atomic E-state index is -0.173. The second kappa shape index (κ2) is 5.22. The molecule has 1 aromatic carbocycles. The smallest absolute Gasteiger partial charge is 0.230 e. The normalized spacial score (nSPS) is 22.8. The van der Waals surface area contributed by atoms with Crippen LogP contribution in [-0.2, 0) is 6.54 Å². The zero-order valence-corrected chi connectivity index (χ0v) is 11.8. The largest absolute Gasteiger partial charge is 0.424 e. The summed E-state index contributed by atoms with van der Waals surface area (Å²) >= 11 is 0. The van der Waals surface area contributed by atoms with Crippen LogP contribution in [0.15, 0.2) is 28.7 Å². The van der Waals surface area contributed by atoms with E-state index in [1.54, 1.807) is 12.1 Å². The third kappa shape index (κ3) is 2.70. The van der Waals surface area contributed by atoms with Gasteiger partial charge in [0.2, 0.25) is 11.8 Å². The minimum absolute atomic E-state index is 0.173. The molecule has 21 heavy (non-hydrogen) atoms. The van der Waals surface area contributed by atoms with E-state index in [2.05, 4.69) is 15.1 Å². The summed E-state index contributed by atoms with van der Waals surface area (Å²) in [5.74, 6) is 1.78. The van der Waals surface area contributed by atoms with E-state index in [9.17, 15) is 4.39 Å². The first-order valence-corrected chi connectivity index (χ1v) is 7.61. The molecule has 1 aliphatic heterocycles. The topological polar surface area (TPSA) is 42.2 Å². The van der Waals surface area contributed by atoms with Gasteiger partial charge in [-0.2, -0.15) is 0 Å². The molecule has 2 aromatic rings. The van der Waals surface area contributed by atoms with E-state index in [0.717, 1.165) is 43.7 Å². The van der Waals surface area contributed by atoms with Crippen LogP contribution in [0.25, 0.3) is 0 Å². The van der Waals surface area contributed by atoms with Crippen LogP contribution in [-0.4, -0.2) is 21.6 Å². The molecule has 0 bridgehead atoms. The number of likely N-dealkylation sites (tertiary alicyclic amines) is 1. The summed E-state index contributed by atoms with van der Waals surface area (Å²) in [6.45, 7) is 1.64. The van der Waals surface area contributed by atoms with Crippen molar-refractivity contribution in [1.29, 1.82) is 0 Å². The van der Waals surface area contributed by atoms with E-state index in [1.165, 1.54) is 6.07 Å². The van der Waals surface area contributed by atoms with Crippen molar-refractivity contribution < 1.29 is 8.81 Å². The maximum Gasteiger partial charge on any atom is 0.230 e. The molecule has 0 spiro atoms. The minimum Gasteiger partial charge on any atom is -0.424 e. The molecule has 0 N–H and O–H groups in total. The quantitative estimate of drug-likeness (QED) is 0.864. The first-order chi connectivity index (χ1) is 10.3. The van der Waals surface area contributed by atoms with E-state index in [4.69, 9.17) is 4.42 Å². The average molecular weight is 287 g/mol. The van der Waals surface area contributed by atoms with Crippen molar-refractivity contribution in [3.05, 3.63) is 47.4 Å². The molecule has 1 atom stereocenters. The van der Waals surface area contributed by atoms with E-state index in [0.29, 0.717) is 18.4 Å². The van der Waals surface area contributed by atoms with E-state index in [1.807, 2.05) is 6.07 Å². The van der Waals surface area contributed by atoms with E-state index in [-0.39, 0.29) is 11.9 Å². The molecule has 0 unspecified atom stereocenters. The van der Waals surface area contributed by atoms with Crippen LogP contribution in [0.3, 0.4) is 0 Å². The first-order valence-electron chi connectivity index (χ1n) is 7.61. The van der Waals surface area contributed by atoms with Crippen molar-refractivity contribution >= 4 is 0 Å². The third-order valence-electron chi connectivity index (χ3n) is 4.34.